The van der Waals surface area contributed by atoms with Crippen molar-refractivity contribution in [1.29, 1.82) is 0 Å². The summed E-state index contributed by atoms with van der Waals surface area (Å²) in [4.78, 5) is 0. The molecule has 1 aromatic rings. The van der Waals surface area contributed by atoms with E-state index in [2.05, 4.69) is 44.3 Å². The van der Waals surface area contributed by atoms with Crippen LogP contribution in [0.25, 0.3) is 0 Å². The molecule has 1 saturated carbocycles. The van der Waals surface area contributed by atoms with Crippen LogP contribution in [0.1, 0.15) is 51.8 Å². The van der Waals surface area contributed by atoms with Crippen LogP contribution in [-0.4, -0.2) is 15.8 Å². The molecule has 2 unspecified atom stereocenters. The lowest BCUT2D eigenvalue weighted by molar-refractivity contribution is 0.362. The lowest BCUT2D eigenvalue weighted by Gasteiger charge is -2.18. The highest BCUT2D eigenvalue weighted by Crippen LogP contribution is 2.40. The van der Waals surface area contributed by atoms with Gasteiger partial charge in [0.25, 0.3) is 0 Å². The standard InChI is InChI=1S/C15H27N3/c1-6-13-12(10-18(5)17-13)9-16-14-8-15(3,4)7-11(14)2/h10-11,14,16H,6-9H2,1-5H3. The van der Waals surface area contributed by atoms with Crippen molar-refractivity contribution in [2.45, 2.75) is 59.5 Å². The van der Waals surface area contributed by atoms with E-state index in [9.17, 15) is 0 Å². The molecule has 1 aliphatic carbocycles. The lowest BCUT2D eigenvalue weighted by atomic mass is 9.91. The monoisotopic (exact) mass is 249 g/mol. The summed E-state index contributed by atoms with van der Waals surface area (Å²) in [5, 5.41) is 8.24. The van der Waals surface area contributed by atoms with Gasteiger partial charge in [0.15, 0.2) is 0 Å². The molecule has 0 radical (unpaired) electrons. The topological polar surface area (TPSA) is 29.9 Å². The third-order valence-corrected chi connectivity index (χ3v) is 4.22. The van der Waals surface area contributed by atoms with Crippen LogP contribution >= 0.6 is 0 Å². The lowest BCUT2D eigenvalue weighted by Crippen LogP contribution is -2.31. The summed E-state index contributed by atoms with van der Waals surface area (Å²) >= 11 is 0. The molecule has 1 N–H and O–H groups in total. The number of hydrogen-bond acceptors (Lipinski definition) is 2. The van der Waals surface area contributed by atoms with E-state index in [1.165, 1.54) is 24.1 Å². The summed E-state index contributed by atoms with van der Waals surface area (Å²) in [5.41, 5.74) is 3.09. The second-order valence-corrected chi connectivity index (χ2v) is 6.67. The highest BCUT2D eigenvalue weighted by atomic mass is 15.3. The Morgan fingerprint density at radius 3 is 2.72 bits per heavy atom. The Morgan fingerprint density at radius 2 is 2.17 bits per heavy atom. The predicted octanol–water partition coefficient (Wildman–Crippen LogP) is 2.90. The van der Waals surface area contributed by atoms with Crippen LogP contribution in [0.4, 0.5) is 0 Å². The van der Waals surface area contributed by atoms with Gasteiger partial charge < -0.3 is 5.32 Å². The molecule has 0 aliphatic heterocycles. The van der Waals surface area contributed by atoms with Gasteiger partial charge in [0.2, 0.25) is 0 Å². The number of nitrogens with one attached hydrogen (secondary N) is 1. The maximum Gasteiger partial charge on any atom is 0.0666 e. The van der Waals surface area contributed by atoms with E-state index in [4.69, 9.17) is 0 Å². The maximum absolute atomic E-state index is 4.50. The van der Waals surface area contributed by atoms with Gasteiger partial charge >= 0.3 is 0 Å². The van der Waals surface area contributed by atoms with E-state index in [1.807, 2.05) is 11.7 Å². The van der Waals surface area contributed by atoms with Crippen molar-refractivity contribution in [1.82, 2.24) is 15.1 Å². The molecule has 2 atom stereocenters. The molecule has 0 aromatic carbocycles. The van der Waals surface area contributed by atoms with Crippen LogP contribution in [0.5, 0.6) is 0 Å². The van der Waals surface area contributed by atoms with Gasteiger partial charge in [-0.3, -0.25) is 4.68 Å². The SMILES string of the molecule is CCc1nn(C)cc1CNC1CC(C)(C)CC1C. The van der Waals surface area contributed by atoms with Crippen LogP contribution in [-0.2, 0) is 20.0 Å². The Morgan fingerprint density at radius 1 is 1.44 bits per heavy atom. The van der Waals surface area contributed by atoms with Gasteiger partial charge in [-0.25, -0.2) is 0 Å². The average molecular weight is 249 g/mol. The zero-order chi connectivity index (χ0) is 13.3. The number of aryl methyl sites for hydroxylation is 2. The van der Waals surface area contributed by atoms with Crippen molar-refractivity contribution in [2.24, 2.45) is 18.4 Å². The highest BCUT2D eigenvalue weighted by molar-refractivity contribution is 5.17. The summed E-state index contributed by atoms with van der Waals surface area (Å²) < 4.78 is 1.93. The van der Waals surface area contributed by atoms with Crippen LogP contribution in [0.15, 0.2) is 6.20 Å². The molecule has 0 spiro atoms. The normalized spacial score (nSPS) is 26.7. The highest BCUT2D eigenvalue weighted by Gasteiger charge is 2.36. The number of aromatic nitrogens is 2. The smallest absolute Gasteiger partial charge is 0.0666 e. The molecule has 1 aromatic heterocycles. The molecule has 2 rings (SSSR count). The van der Waals surface area contributed by atoms with E-state index in [0.29, 0.717) is 11.5 Å². The van der Waals surface area contributed by atoms with Gasteiger partial charge in [0.05, 0.1) is 5.69 Å². The Balaban J connectivity index is 1.95. The van der Waals surface area contributed by atoms with Crippen molar-refractivity contribution in [2.75, 3.05) is 0 Å². The maximum atomic E-state index is 4.50. The number of rotatable bonds is 4. The van der Waals surface area contributed by atoms with E-state index in [1.54, 1.807) is 0 Å². The molecule has 3 heteroatoms. The second-order valence-electron chi connectivity index (χ2n) is 6.67. The van der Waals surface area contributed by atoms with Crippen LogP contribution < -0.4 is 5.32 Å². The van der Waals surface area contributed by atoms with Crippen LogP contribution in [0, 0.1) is 11.3 Å². The quantitative estimate of drug-likeness (QED) is 0.889. The van der Waals surface area contributed by atoms with Gasteiger partial charge in [-0.15, -0.1) is 0 Å². The molecule has 1 fully saturated rings. The first kappa shape index (κ1) is 13.6. The van der Waals surface area contributed by atoms with E-state index in [0.717, 1.165) is 18.9 Å². The van der Waals surface area contributed by atoms with Crippen molar-refractivity contribution in [3.8, 4) is 0 Å². The molecule has 3 nitrogen and oxygen atoms in total. The van der Waals surface area contributed by atoms with Gasteiger partial charge in [-0.05, 0) is 30.6 Å². The molecule has 102 valence electrons. The minimum absolute atomic E-state index is 0.500. The Bertz CT molecular complexity index is 406. The zero-order valence-electron chi connectivity index (χ0n) is 12.5. The summed E-state index contributed by atoms with van der Waals surface area (Å²) in [5.74, 6) is 0.779. The molecule has 0 amide bonds. The number of hydrogen-bond donors (Lipinski definition) is 1. The van der Waals surface area contributed by atoms with Gasteiger partial charge in [-0.2, -0.15) is 5.10 Å². The molecule has 0 bridgehead atoms. The summed E-state index contributed by atoms with van der Waals surface area (Å²) in [6.07, 6.45) is 5.79. The predicted molar refractivity (Wildman–Crippen MR) is 75.4 cm³/mol. The van der Waals surface area contributed by atoms with E-state index in [-0.39, 0.29) is 0 Å². The average Bonchev–Trinajstić information content (AvgIpc) is 2.75. The second kappa shape index (κ2) is 5.04. The van der Waals surface area contributed by atoms with E-state index >= 15 is 0 Å². The molecular weight excluding hydrogens is 222 g/mol. The van der Waals surface area contributed by atoms with Crippen molar-refractivity contribution >= 4 is 0 Å². The molecule has 0 saturated heterocycles. The molecule has 1 heterocycles. The summed E-state index contributed by atoms with van der Waals surface area (Å²) in [6, 6.07) is 0.657. The van der Waals surface area contributed by atoms with Crippen LogP contribution in [0.3, 0.4) is 0 Å². The zero-order valence-corrected chi connectivity index (χ0v) is 12.5. The van der Waals surface area contributed by atoms with Gasteiger partial charge in [0.1, 0.15) is 0 Å². The van der Waals surface area contributed by atoms with Crippen molar-refractivity contribution in [3.05, 3.63) is 17.5 Å². The minimum Gasteiger partial charge on any atom is -0.310 e. The first-order valence-corrected chi connectivity index (χ1v) is 7.16. The molecular formula is C15H27N3. The molecule has 18 heavy (non-hydrogen) atoms. The van der Waals surface area contributed by atoms with Crippen molar-refractivity contribution < 1.29 is 0 Å². The fourth-order valence-corrected chi connectivity index (χ4v) is 3.44. The van der Waals surface area contributed by atoms with Crippen molar-refractivity contribution in [3.63, 3.8) is 0 Å². The first-order chi connectivity index (χ1) is 8.41. The van der Waals surface area contributed by atoms with Gasteiger partial charge in [0, 0.05) is 31.4 Å². The fourth-order valence-electron chi connectivity index (χ4n) is 3.44. The minimum atomic E-state index is 0.500. The third kappa shape index (κ3) is 2.94. The fraction of sp³-hybridized carbons (Fsp3) is 0.800. The Labute approximate surface area is 111 Å². The largest absolute Gasteiger partial charge is 0.310 e. The van der Waals surface area contributed by atoms with Crippen LogP contribution in [0.2, 0.25) is 0 Å². The molecule has 1 aliphatic rings. The van der Waals surface area contributed by atoms with Gasteiger partial charge in [-0.1, -0.05) is 27.7 Å². The Hall–Kier alpha value is -0.830. The number of nitrogens with zero attached hydrogens (tertiary/aromatic N) is 2. The summed E-state index contributed by atoms with van der Waals surface area (Å²) in [6.45, 7) is 10.3. The third-order valence-electron chi connectivity index (χ3n) is 4.22. The first-order valence-electron chi connectivity index (χ1n) is 7.16. The Kier molecular flexibility index (Phi) is 3.81. The summed E-state index contributed by atoms with van der Waals surface area (Å²) in [7, 11) is 2.00. The van der Waals surface area contributed by atoms with E-state index < -0.39 is 0 Å².